The van der Waals surface area contributed by atoms with Crippen LogP contribution in [0, 0.1) is 4.77 Å². The minimum Gasteiger partial charge on any atom is -0.494 e. The van der Waals surface area contributed by atoms with Crippen LogP contribution in [0.15, 0.2) is 57.1 Å². The minimum atomic E-state index is -0.440. The van der Waals surface area contributed by atoms with Gasteiger partial charge in [-0.05, 0) is 48.5 Å². The fraction of sp³-hybridized carbons (Fsp3) is 0.320. The molecule has 0 fully saturated rings. The van der Waals surface area contributed by atoms with Crippen LogP contribution in [0.4, 0.5) is 5.69 Å². The first-order valence-electron chi connectivity index (χ1n) is 11.1. The number of hydrogen-bond donors (Lipinski definition) is 2. The molecule has 1 aliphatic rings. The van der Waals surface area contributed by atoms with E-state index in [0.29, 0.717) is 30.2 Å². The summed E-state index contributed by atoms with van der Waals surface area (Å²) in [6.45, 7) is 2.58. The molecule has 0 amide bonds. The van der Waals surface area contributed by atoms with Crippen molar-refractivity contribution in [3.8, 4) is 17.4 Å². The van der Waals surface area contributed by atoms with Gasteiger partial charge in [-0.1, -0.05) is 31.5 Å². The number of aromatic hydroxyl groups is 1. The molecule has 2 N–H and O–H groups in total. The Morgan fingerprint density at radius 1 is 1.21 bits per heavy atom. The van der Waals surface area contributed by atoms with E-state index < -0.39 is 5.56 Å². The lowest BCUT2D eigenvalue weighted by Crippen LogP contribution is -2.24. The number of H-pyrrole nitrogens is 1. The minimum absolute atomic E-state index is 0.0757. The smallest absolute Gasteiger partial charge is 0.264 e. The predicted octanol–water partition coefficient (Wildman–Crippen LogP) is 5.79. The average molecular weight is 498 g/mol. The first-order chi connectivity index (χ1) is 16.5. The Balaban J connectivity index is 1.86. The second-order valence-corrected chi connectivity index (χ2v) is 9.55. The number of rotatable bonds is 7. The molecule has 0 bridgehead atoms. The summed E-state index contributed by atoms with van der Waals surface area (Å²) in [6, 6.07) is 13.6. The molecule has 1 aromatic heterocycles. The van der Waals surface area contributed by atoms with Crippen molar-refractivity contribution in [1.29, 1.82) is 0 Å². The lowest BCUT2D eigenvalue weighted by atomic mass is 10.0. The molecule has 4 rings (SSSR count). The summed E-state index contributed by atoms with van der Waals surface area (Å²) in [6.07, 6.45) is 2.19. The van der Waals surface area contributed by atoms with Crippen LogP contribution in [0.1, 0.15) is 42.6 Å². The van der Waals surface area contributed by atoms with Crippen LogP contribution in [-0.4, -0.2) is 34.6 Å². The van der Waals surface area contributed by atoms with E-state index in [9.17, 15) is 9.90 Å². The van der Waals surface area contributed by atoms with Gasteiger partial charge in [0.25, 0.3) is 5.56 Å². The van der Waals surface area contributed by atoms with E-state index in [1.165, 1.54) is 0 Å². The Kier molecular flexibility index (Phi) is 7.43. The number of nitrogens with zero attached hydrogens (tertiary/aromatic N) is 2. The Bertz CT molecular complexity index is 1350. The second-order valence-electron chi connectivity index (χ2n) is 7.91. The summed E-state index contributed by atoms with van der Waals surface area (Å²) in [5.74, 6) is 1.13. The van der Waals surface area contributed by atoms with Crippen LogP contribution >= 0.6 is 24.0 Å². The Labute approximate surface area is 207 Å². The first-order valence-corrected chi connectivity index (χ1v) is 12.4. The van der Waals surface area contributed by atoms with Crippen molar-refractivity contribution >= 4 is 35.4 Å². The van der Waals surface area contributed by atoms with Crippen molar-refractivity contribution in [1.82, 2.24) is 9.55 Å². The molecule has 7 nitrogen and oxygen atoms in total. The number of aromatic amines is 1. The van der Waals surface area contributed by atoms with Crippen molar-refractivity contribution in [3.63, 3.8) is 0 Å². The summed E-state index contributed by atoms with van der Waals surface area (Å²) in [7, 11) is 3.21. The zero-order valence-electron chi connectivity index (χ0n) is 19.3. The van der Waals surface area contributed by atoms with Crippen LogP contribution in [0.5, 0.6) is 17.4 Å². The van der Waals surface area contributed by atoms with Gasteiger partial charge < -0.3 is 14.6 Å². The highest BCUT2D eigenvalue weighted by atomic mass is 32.2. The van der Waals surface area contributed by atoms with E-state index in [4.69, 9.17) is 26.7 Å². The van der Waals surface area contributed by atoms with Crippen LogP contribution in [0.3, 0.4) is 0 Å². The highest BCUT2D eigenvalue weighted by molar-refractivity contribution is 7.99. The van der Waals surface area contributed by atoms with Crippen LogP contribution in [0.25, 0.3) is 0 Å². The molecule has 0 radical (unpaired) electrons. The molecule has 0 saturated carbocycles. The molecule has 1 unspecified atom stereocenters. The van der Waals surface area contributed by atoms with Gasteiger partial charge in [-0.15, -0.1) is 11.8 Å². The summed E-state index contributed by atoms with van der Waals surface area (Å²) in [5, 5.41) is 11.1. The predicted molar refractivity (Wildman–Crippen MR) is 138 cm³/mol. The normalized spacial score (nSPS) is 15.3. The second kappa shape index (κ2) is 10.5. The van der Waals surface area contributed by atoms with Gasteiger partial charge in [0.2, 0.25) is 5.88 Å². The zero-order valence-corrected chi connectivity index (χ0v) is 21.0. The number of fused-ring (bicyclic) bond motifs is 1. The number of aromatic nitrogens is 2. The lowest BCUT2D eigenvalue weighted by molar-refractivity contribution is 0.354. The van der Waals surface area contributed by atoms with Crippen molar-refractivity contribution in [3.05, 3.63) is 68.7 Å². The van der Waals surface area contributed by atoms with Gasteiger partial charge in [0, 0.05) is 23.1 Å². The van der Waals surface area contributed by atoms with E-state index >= 15 is 0 Å². The monoisotopic (exact) mass is 497 g/mol. The van der Waals surface area contributed by atoms with E-state index in [2.05, 4.69) is 11.9 Å². The number of ether oxygens (including phenoxy) is 2. The van der Waals surface area contributed by atoms with Crippen molar-refractivity contribution in [2.45, 2.75) is 42.9 Å². The number of hydrogen-bond acceptors (Lipinski definition) is 7. The van der Waals surface area contributed by atoms with Crippen LogP contribution in [-0.2, 0) is 6.54 Å². The van der Waals surface area contributed by atoms with Gasteiger partial charge in [0.1, 0.15) is 5.56 Å². The fourth-order valence-corrected chi connectivity index (χ4v) is 5.44. The topological polar surface area (TPSA) is 88.8 Å². The molecule has 2 heterocycles. The first kappa shape index (κ1) is 24.1. The number of unbranched alkanes of at least 4 members (excludes halogenated alkanes) is 1. The van der Waals surface area contributed by atoms with Gasteiger partial charge >= 0.3 is 0 Å². The summed E-state index contributed by atoms with van der Waals surface area (Å²) < 4.78 is 12.7. The SMILES string of the molecule is CCCCn1c(O)c(C2=Nc3ccccc3SC(c3ccc(OC)c(OC)c3)C2)c(=O)[nH]c1=S. The van der Waals surface area contributed by atoms with Crippen molar-refractivity contribution < 1.29 is 14.6 Å². The molecule has 34 heavy (non-hydrogen) atoms. The number of methoxy groups -OCH3 is 2. The quantitative estimate of drug-likeness (QED) is 0.402. The summed E-state index contributed by atoms with van der Waals surface area (Å²) in [4.78, 5) is 21.6. The molecule has 9 heteroatoms. The van der Waals surface area contributed by atoms with E-state index in [-0.39, 0.29) is 21.5 Å². The third-order valence-electron chi connectivity index (χ3n) is 5.74. The molecular weight excluding hydrogens is 470 g/mol. The Hall–Kier alpha value is -3.04. The molecule has 3 aromatic rings. The van der Waals surface area contributed by atoms with Gasteiger partial charge in [0.15, 0.2) is 16.3 Å². The largest absolute Gasteiger partial charge is 0.494 e. The maximum Gasteiger partial charge on any atom is 0.264 e. The molecule has 0 aliphatic carbocycles. The summed E-state index contributed by atoms with van der Waals surface area (Å²) in [5.41, 5.74) is 1.99. The van der Waals surface area contributed by atoms with E-state index in [1.807, 2.05) is 42.5 Å². The fourth-order valence-electron chi connectivity index (χ4n) is 3.95. The average Bonchev–Trinajstić information content (AvgIpc) is 3.03. The molecule has 0 saturated heterocycles. The lowest BCUT2D eigenvalue weighted by Gasteiger charge is -2.19. The summed E-state index contributed by atoms with van der Waals surface area (Å²) >= 11 is 6.98. The molecule has 1 aliphatic heterocycles. The van der Waals surface area contributed by atoms with E-state index in [0.717, 1.165) is 29.0 Å². The van der Waals surface area contributed by atoms with Gasteiger partial charge in [-0.2, -0.15) is 0 Å². The number of para-hydroxylation sites is 1. The molecule has 178 valence electrons. The van der Waals surface area contributed by atoms with Crippen molar-refractivity contribution in [2.75, 3.05) is 14.2 Å². The highest BCUT2D eigenvalue weighted by Gasteiger charge is 2.27. The van der Waals surface area contributed by atoms with Gasteiger partial charge in [-0.25, -0.2) is 0 Å². The van der Waals surface area contributed by atoms with Crippen LogP contribution in [0.2, 0.25) is 0 Å². The number of thioether (sulfide) groups is 1. The maximum atomic E-state index is 13.0. The highest BCUT2D eigenvalue weighted by Crippen LogP contribution is 2.47. The van der Waals surface area contributed by atoms with E-state index in [1.54, 1.807) is 30.5 Å². The molecule has 0 spiro atoms. The zero-order chi connectivity index (χ0) is 24.2. The third-order valence-corrected chi connectivity index (χ3v) is 7.39. The number of aliphatic imine (C=N–C) groups is 1. The van der Waals surface area contributed by atoms with Gasteiger partial charge in [0.05, 0.1) is 25.6 Å². The Morgan fingerprint density at radius 3 is 2.71 bits per heavy atom. The Morgan fingerprint density at radius 2 is 1.97 bits per heavy atom. The van der Waals surface area contributed by atoms with Gasteiger partial charge in [-0.3, -0.25) is 19.3 Å². The number of nitrogens with one attached hydrogen (secondary N) is 1. The van der Waals surface area contributed by atoms with Crippen LogP contribution < -0.4 is 15.0 Å². The molecular formula is C25H27N3O4S2. The molecule has 2 aromatic carbocycles. The maximum absolute atomic E-state index is 13.0. The van der Waals surface area contributed by atoms with Crippen molar-refractivity contribution in [2.24, 2.45) is 4.99 Å². The third kappa shape index (κ3) is 4.76. The number of benzene rings is 2. The molecule has 1 atom stereocenters. The standard InChI is InChI=1S/C25H27N3O4S2/c1-4-5-12-28-24(30)22(23(29)27-25(28)33)17-14-21(34-20-9-7-6-8-16(20)26-17)15-10-11-18(31-2)19(13-15)32-3/h6-11,13,21,30H,4-5,12,14H2,1-3H3,(H,27,29,33).